The number of carbonyl (C=O) groups excluding carboxylic acids is 1. The molecule has 0 aliphatic carbocycles. The van der Waals surface area contributed by atoms with E-state index < -0.39 is 17.9 Å². The molecule has 2 aromatic carbocycles. The summed E-state index contributed by atoms with van der Waals surface area (Å²) < 4.78 is 38.8. The number of rotatable bonds is 4. The van der Waals surface area contributed by atoms with Crippen LogP contribution in [0, 0.1) is 6.92 Å². The second-order valence-electron chi connectivity index (χ2n) is 6.04. The third kappa shape index (κ3) is 3.49. The summed E-state index contributed by atoms with van der Waals surface area (Å²) in [6.45, 7) is 2.26. The summed E-state index contributed by atoms with van der Waals surface area (Å²) in [6, 6.07) is 10.3. The van der Waals surface area contributed by atoms with Crippen molar-refractivity contribution in [1.82, 2.24) is 4.90 Å². The van der Waals surface area contributed by atoms with Gasteiger partial charge in [-0.05, 0) is 42.3 Å². The van der Waals surface area contributed by atoms with Gasteiger partial charge in [-0.25, -0.2) is 5.01 Å². The summed E-state index contributed by atoms with van der Waals surface area (Å²) >= 11 is 0. The van der Waals surface area contributed by atoms with Gasteiger partial charge in [0.05, 0.1) is 11.3 Å². The number of nitrogens with zero attached hydrogens (tertiary/aromatic N) is 3. The molecule has 0 aromatic heterocycles. The highest BCUT2D eigenvalue weighted by atomic mass is 19.4. The summed E-state index contributed by atoms with van der Waals surface area (Å²) in [5.41, 5.74) is 7.71. The lowest BCUT2D eigenvalue weighted by Gasteiger charge is -2.26. The Morgan fingerprint density at radius 1 is 1.23 bits per heavy atom. The van der Waals surface area contributed by atoms with Gasteiger partial charge in [0, 0.05) is 12.2 Å². The smallest absolute Gasteiger partial charge is 0.399 e. The standard InChI is InChI=1S/C18H17F3N4O/c1-12-7-13(5-6-16(12)22)9-24-11-23-25(17(24)10-26)15-4-2-3-14(8-15)18(19,20)21/h2-8,10-11,17H,9,22H2,1H3. The molecule has 1 atom stereocenters. The van der Waals surface area contributed by atoms with E-state index in [4.69, 9.17) is 5.73 Å². The van der Waals surface area contributed by atoms with E-state index in [0.717, 1.165) is 23.3 Å². The number of carbonyl (C=O) groups is 1. The highest BCUT2D eigenvalue weighted by Crippen LogP contribution is 2.33. The van der Waals surface area contributed by atoms with Gasteiger partial charge in [0.1, 0.15) is 6.34 Å². The number of hydrogen-bond donors (Lipinski definition) is 1. The minimum atomic E-state index is -4.46. The Kier molecular flexibility index (Phi) is 4.58. The van der Waals surface area contributed by atoms with Crippen LogP contribution in [0.3, 0.4) is 0 Å². The molecule has 5 nitrogen and oxygen atoms in total. The van der Waals surface area contributed by atoms with E-state index in [0.29, 0.717) is 18.5 Å². The molecule has 1 unspecified atom stereocenters. The maximum absolute atomic E-state index is 12.9. The number of aldehydes is 1. The number of halogens is 3. The molecule has 0 saturated heterocycles. The largest absolute Gasteiger partial charge is 0.416 e. The van der Waals surface area contributed by atoms with E-state index in [1.165, 1.54) is 23.5 Å². The van der Waals surface area contributed by atoms with Crippen LogP contribution in [0.1, 0.15) is 16.7 Å². The van der Waals surface area contributed by atoms with Gasteiger partial charge < -0.3 is 10.6 Å². The van der Waals surface area contributed by atoms with Crippen molar-refractivity contribution in [2.24, 2.45) is 5.10 Å². The fourth-order valence-electron chi connectivity index (χ4n) is 2.76. The lowest BCUT2D eigenvalue weighted by molar-refractivity contribution is -0.137. The molecular formula is C18H17F3N4O. The van der Waals surface area contributed by atoms with Crippen molar-refractivity contribution in [1.29, 1.82) is 0 Å². The number of aryl methyl sites for hydroxylation is 1. The third-order valence-electron chi connectivity index (χ3n) is 4.17. The number of anilines is 2. The fourth-order valence-corrected chi connectivity index (χ4v) is 2.76. The Balaban J connectivity index is 1.83. The minimum Gasteiger partial charge on any atom is -0.399 e. The molecule has 0 amide bonds. The van der Waals surface area contributed by atoms with Crippen LogP contribution in [-0.2, 0) is 17.5 Å². The van der Waals surface area contributed by atoms with Crippen LogP contribution >= 0.6 is 0 Å². The molecule has 3 rings (SSSR count). The van der Waals surface area contributed by atoms with Gasteiger partial charge in [0.15, 0.2) is 12.5 Å². The number of nitrogens with two attached hydrogens (primary N) is 1. The first kappa shape index (κ1) is 17.8. The van der Waals surface area contributed by atoms with Gasteiger partial charge in [-0.3, -0.25) is 4.79 Å². The first-order valence-electron chi connectivity index (χ1n) is 7.86. The van der Waals surface area contributed by atoms with Crippen molar-refractivity contribution >= 4 is 24.0 Å². The van der Waals surface area contributed by atoms with Crippen molar-refractivity contribution < 1.29 is 18.0 Å². The predicted molar refractivity (Wildman–Crippen MR) is 93.4 cm³/mol. The fraction of sp³-hybridized carbons (Fsp3) is 0.222. The van der Waals surface area contributed by atoms with Gasteiger partial charge in [-0.1, -0.05) is 18.2 Å². The van der Waals surface area contributed by atoms with E-state index in [1.54, 1.807) is 11.0 Å². The molecule has 0 fully saturated rings. The molecule has 0 bridgehead atoms. The SMILES string of the molecule is Cc1cc(CN2C=NN(c3cccc(C(F)(F)F)c3)C2C=O)ccc1N. The Morgan fingerprint density at radius 3 is 2.65 bits per heavy atom. The number of nitrogen functional groups attached to an aromatic ring is 1. The Bertz CT molecular complexity index is 851. The van der Waals surface area contributed by atoms with Gasteiger partial charge in [0.2, 0.25) is 0 Å². The average Bonchev–Trinajstić information content (AvgIpc) is 3.00. The minimum absolute atomic E-state index is 0.198. The molecule has 2 N–H and O–H groups in total. The zero-order valence-electron chi connectivity index (χ0n) is 13.9. The molecule has 1 heterocycles. The van der Waals surface area contributed by atoms with Crippen molar-refractivity contribution in [3.8, 4) is 0 Å². The second kappa shape index (κ2) is 6.70. The van der Waals surface area contributed by atoms with Crippen LogP contribution in [-0.4, -0.2) is 23.7 Å². The molecule has 136 valence electrons. The molecule has 0 saturated carbocycles. The van der Waals surface area contributed by atoms with Crippen LogP contribution in [0.25, 0.3) is 0 Å². The molecule has 0 spiro atoms. The first-order valence-corrected chi connectivity index (χ1v) is 7.86. The summed E-state index contributed by atoms with van der Waals surface area (Å²) in [6.07, 6.45) is -3.18. The highest BCUT2D eigenvalue weighted by molar-refractivity contribution is 5.76. The topological polar surface area (TPSA) is 61.9 Å². The van der Waals surface area contributed by atoms with E-state index in [2.05, 4.69) is 5.10 Å². The van der Waals surface area contributed by atoms with Gasteiger partial charge >= 0.3 is 6.18 Å². The summed E-state index contributed by atoms with van der Waals surface area (Å²) in [5, 5.41) is 5.38. The van der Waals surface area contributed by atoms with Crippen LogP contribution in [0.4, 0.5) is 24.5 Å². The zero-order chi connectivity index (χ0) is 18.9. The summed E-state index contributed by atoms with van der Waals surface area (Å²) in [7, 11) is 0. The molecule has 8 heteroatoms. The van der Waals surface area contributed by atoms with Crippen LogP contribution < -0.4 is 10.7 Å². The van der Waals surface area contributed by atoms with Crippen molar-refractivity contribution in [2.75, 3.05) is 10.7 Å². The predicted octanol–water partition coefficient (Wildman–Crippen LogP) is 3.39. The number of hydrazone groups is 1. The molecule has 26 heavy (non-hydrogen) atoms. The maximum atomic E-state index is 12.9. The monoisotopic (exact) mass is 362 g/mol. The Morgan fingerprint density at radius 2 is 2.00 bits per heavy atom. The van der Waals surface area contributed by atoms with E-state index in [9.17, 15) is 18.0 Å². The molecular weight excluding hydrogens is 345 g/mol. The van der Waals surface area contributed by atoms with E-state index >= 15 is 0 Å². The zero-order valence-corrected chi connectivity index (χ0v) is 13.9. The summed E-state index contributed by atoms with van der Waals surface area (Å²) in [4.78, 5) is 13.2. The quantitative estimate of drug-likeness (QED) is 0.669. The second-order valence-corrected chi connectivity index (χ2v) is 6.04. The van der Waals surface area contributed by atoms with E-state index in [1.807, 2.05) is 19.1 Å². The van der Waals surface area contributed by atoms with Crippen molar-refractivity contribution in [3.05, 3.63) is 59.2 Å². The van der Waals surface area contributed by atoms with Gasteiger partial charge in [-0.15, -0.1) is 0 Å². The lowest BCUT2D eigenvalue weighted by Crippen LogP contribution is -2.40. The van der Waals surface area contributed by atoms with Crippen molar-refractivity contribution in [2.45, 2.75) is 25.8 Å². The van der Waals surface area contributed by atoms with Crippen LogP contribution in [0.15, 0.2) is 47.6 Å². The average molecular weight is 362 g/mol. The first-order chi connectivity index (χ1) is 12.3. The Labute approximate surface area is 148 Å². The van der Waals surface area contributed by atoms with Gasteiger partial charge in [0.25, 0.3) is 0 Å². The summed E-state index contributed by atoms with van der Waals surface area (Å²) in [5.74, 6) is 0. The number of hydrogen-bond acceptors (Lipinski definition) is 5. The molecule has 1 aliphatic rings. The highest BCUT2D eigenvalue weighted by Gasteiger charge is 2.33. The van der Waals surface area contributed by atoms with Crippen LogP contribution in [0.5, 0.6) is 0 Å². The molecule has 1 aliphatic heterocycles. The van der Waals surface area contributed by atoms with Gasteiger partial charge in [-0.2, -0.15) is 18.3 Å². The maximum Gasteiger partial charge on any atom is 0.416 e. The van der Waals surface area contributed by atoms with Crippen molar-refractivity contribution in [3.63, 3.8) is 0 Å². The lowest BCUT2D eigenvalue weighted by atomic mass is 10.1. The molecule has 2 aromatic rings. The van der Waals surface area contributed by atoms with E-state index in [-0.39, 0.29) is 5.69 Å². The molecule has 0 radical (unpaired) electrons. The number of benzene rings is 2. The third-order valence-corrected chi connectivity index (χ3v) is 4.17. The Hall–Kier alpha value is -3.03. The van der Waals surface area contributed by atoms with Crippen LogP contribution in [0.2, 0.25) is 0 Å². The normalized spacial score (nSPS) is 17.0. The number of alkyl halides is 3.